The smallest absolute Gasteiger partial charge is 0.328 e. The second kappa shape index (κ2) is 10.3. The second-order valence-corrected chi connectivity index (χ2v) is 6.35. The van der Waals surface area contributed by atoms with Crippen molar-refractivity contribution >= 4 is 11.9 Å². The van der Waals surface area contributed by atoms with Gasteiger partial charge in [-0.05, 0) is 31.8 Å². The molecule has 0 spiro atoms. The fraction of sp³-hybridized carbons (Fsp3) is 0.556. The van der Waals surface area contributed by atoms with E-state index in [1.165, 1.54) is 27.4 Å². The van der Waals surface area contributed by atoms with Crippen LogP contribution in [-0.4, -0.2) is 49.2 Å². The van der Waals surface area contributed by atoms with E-state index in [4.69, 9.17) is 18.9 Å². The van der Waals surface area contributed by atoms with Gasteiger partial charge in [0.2, 0.25) is 11.8 Å². The second-order valence-electron chi connectivity index (χ2n) is 6.35. The van der Waals surface area contributed by atoms with E-state index in [0.717, 1.165) is 0 Å². The highest BCUT2D eigenvalue weighted by atomic mass is 16.5. The van der Waals surface area contributed by atoms with Crippen molar-refractivity contribution in [2.75, 3.05) is 21.3 Å². The van der Waals surface area contributed by atoms with Crippen LogP contribution < -0.4 is 19.5 Å². The third-order valence-corrected chi connectivity index (χ3v) is 3.43. The summed E-state index contributed by atoms with van der Waals surface area (Å²) >= 11 is 0. The first-order valence-corrected chi connectivity index (χ1v) is 8.42. The lowest BCUT2D eigenvalue weighted by atomic mass is 10.0. The number of methoxy groups -OCH3 is 3. The van der Waals surface area contributed by atoms with Gasteiger partial charge in [0.25, 0.3) is 5.91 Å². The Morgan fingerprint density at radius 1 is 1.07 bits per heavy atom. The molecule has 1 heterocycles. The van der Waals surface area contributed by atoms with Gasteiger partial charge in [-0.25, -0.2) is 4.79 Å². The minimum Gasteiger partial charge on any atom is -0.481 e. The maximum Gasteiger partial charge on any atom is 0.328 e. The first-order chi connectivity index (χ1) is 12.7. The summed E-state index contributed by atoms with van der Waals surface area (Å²) in [7, 11) is 4.15. The zero-order valence-electron chi connectivity index (χ0n) is 16.8. The van der Waals surface area contributed by atoms with E-state index in [1.54, 1.807) is 13.8 Å². The van der Waals surface area contributed by atoms with Crippen LogP contribution in [0.3, 0.4) is 0 Å². The third kappa shape index (κ3) is 6.76. The van der Waals surface area contributed by atoms with Crippen molar-refractivity contribution in [3.63, 3.8) is 0 Å². The average molecular weight is 381 g/mol. The van der Waals surface area contributed by atoms with Gasteiger partial charge in [0.15, 0.2) is 5.76 Å². The number of esters is 1. The molecule has 1 atom stereocenters. The number of rotatable bonds is 9. The number of ether oxygens (including phenoxy) is 4. The van der Waals surface area contributed by atoms with E-state index in [0.29, 0.717) is 12.0 Å². The molecule has 9 heteroatoms. The molecular weight excluding hydrogens is 354 g/mol. The van der Waals surface area contributed by atoms with Gasteiger partial charge < -0.3 is 24.3 Å². The van der Waals surface area contributed by atoms with Gasteiger partial charge in [-0.2, -0.15) is 9.97 Å². The minimum absolute atomic E-state index is 0.0250. The van der Waals surface area contributed by atoms with Crippen LogP contribution in [0.15, 0.2) is 17.4 Å². The van der Waals surface area contributed by atoms with Crippen LogP contribution in [0.5, 0.6) is 17.8 Å². The molecule has 0 bridgehead atoms. The lowest BCUT2D eigenvalue weighted by molar-refractivity contribution is -0.145. The van der Waals surface area contributed by atoms with E-state index in [9.17, 15) is 9.59 Å². The van der Waals surface area contributed by atoms with Crippen molar-refractivity contribution in [1.82, 2.24) is 15.3 Å². The highest BCUT2D eigenvalue weighted by Gasteiger charge is 2.26. The summed E-state index contributed by atoms with van der Waals surface area (Å²) in [6.45, 7) is 7.28. The van der Waals surface area contributed by atoms with Crippen molar-refractivity contribution in [2.45, 2.75) is 40.2 Å². The van der Waals surface area contributed by atoms with Gasteiger partial charge in [-0.15, -0.1) is 0 Å². The van der Waals surface area contributed by atoms with Crippen LogP contribution in [0, 0.1) is 5.92 Å². The van der Waals surface area contributed by atoms with E-state index in [-0.39, 0.29) is 29.4 Å². The number of nitrogens with one attached hydrogen (secondary N) is 1. The van der Waals surface area contributed by atoms with Gasteiger partial charge >= 0.3 is 12.0 Å². The summed E-state index contributed by atoms with van der Waals surface area (Å²) in [6, 6.07) is 0.572. The monoisotopic (exact) mass is 381 g/mol. The highest BCUT2D eigenvalue weighted by molar-refractivity contribution is 5.95. The van der Waals surface area contributed by atoms with E-state index in [1.807, 2.05) is 13.8 Å². The van der Waals surface area contributed by atoms with Crippen LogP contribution in [-0.2, 0) is 14.3 Å². The Balaban J connectivity index is 3.07. The molecule has 150 valence electrons. The maximum atomic E-state index is 12.7. The Bertz CT molecular complexity index is 676. The molecular formula is C18H27N3O6. The van der Waals surface area contributed by atoms with Crippen LogP contribution >= 0.6 is 0 Å². The van der Waals surface area contributed by atoms with Crippen LogP contribution in [0.1, 0.15) is 34.1 Å². The Hall–Kier alpha value is -2.84. The summed E-state index contributed by atoms with van der Waals surface area (Å²) in [5.41, 5.74) is 0.575. The number of nitrogens with zero attached hydrogens (tertiary/aromatic N) is 2. The fourth-order valence-electron chi connectivity index (χ4n) is 2.16. The number of aromatic nitrogens is 2. The molecule has 1 aromatic rings. The lowest BCUT2D eigenvalue weighted by Crippen LogP contribution is -2.43. The number of allylic oxidation sites excluding steroid dienone is 1. The summed E-state index contributed by atoms with van der Waals surface area (Å²) in [5, 5.41) is 2.64. The molecule has 9 nitrogen and oxygen atoms in total. The number of amides is 1. The standard InChI is InChI=1S/C18H27N3O6/c1-10(2)8-12(17(23)26-7)19-16(22)15(11(3)4)27-18-20-13(24-5)9-14(21-18)25-6/h9-10,12H,8H2,1-7H3,(H,19,22)/t12-/m0/s1. The van der Waals surface area contributed by atoms with Crippen molar-refractivity contribution in [1.29, 1.82) is 0 Å². The van der Waals surface area contributed by atoms with Crippen LogP contribution in [0.2, 0.25) is 0 Å². The number of hydrogen-bond donors (Lipinski definition) is 1. The summed E-state index contributed by atoms with van der Waals surface area (Å²) in [4.78, 5) is 32.7. The third-order valence-electron chi connectivity index (χ3n) is 3.43. The fourth-order valence-corrected chi connectivity index (χ4v) is 2.16. The van der Waals surface area contributed by atoms with Crippen molar-refractivity contribution in [3.8, 4) is 17.8 Å². The Morgan fingerprint density at radius 2 is 1.63 bits per heavy atom. The summed E-state index contributed by atoms with van der Waals surface area (Å²) < 4.78 is 20.5. The van der Waals surface area contributed by atoms with Gasteiger partial charge in [0.1, 0.15) is 6.04 Å². The van der Waals surface area contributed by atoms with Gasteiger partial charge in [-0.3, -0.25) is 4.79 Å². The summed E-state index contributed by atoms with van der Waals surface area (Å²) in [5.74, 6) is -0.504. The molecule has 0 aliphatic rings. The van der Waals surface area contributed by atoms with Crippen molar-refractivity contribution in [3.05, 3.63) is 17.4 Å². The topological polar surface area (TPSA) is 109 Å². The molecule has 0 aromatic carbocycles. The Labute approximate surface area is 159 Å². The van der Waals surface area contributed by atoms with Crippen LogP contribution in [0.25, 0.3) is 0 Å². The summed E-state index contributed by atoms with van der Waals surface area (Å²) in [6.07, 6.45) is 0.429. The molecule has 0 saturated heterocycles. The quantitative estimate of drug-likeness (QED) is 0.392. The molecule has 1 aromatic heterocycles. The zero-order chi connectivity index (χ0) is 20.6. The Morgan fingerprint density at radius 3 is 2.04 bits per heavy atom. The predicted molar refractivity (Wildman–Crippen MR) is 97.5 cm³/mol. The SMILES string of the molecule is COC(=O)[C@H](CC(C)C)NC(=O)C(Oc1nc(OC)cc(OC)n1)=C(C)C. The van der Waals surface area contributed by atoms with Gasteiger partial charge in [0.05, 0.1) is 27.4 Å². The first kappa shape index (κ1) is 22.2. The van der Waals surface area contributed by atoms with Crippen molar-refractivity contribution < 1.29 is 28.5 Å². The molecule has 0 fully saturated rings. The molecule has 0 radical (unpaired) electrons. The molecule has 1 amide bonds. The lowest BCUT2D eigenvalue weighted by Gasteiger charge is -2.19. The highest BCUT2D eigenvalue weighted by Crippen LogP contribution is 2.21. The van der Waals surface area contributed by atoms with Gasteiger partial charge in [-0.1, -0.05) is 13.8 Å². The number of carbonyl (C=O) groups excluding carboxylic acids is 2. The maximum absolute atomic E-state index is 12.7. The number of hydrogen-bond acceptors (Lipinski definition) is 8. The van der Waals surface area contributed by atoms with Gasteiger partial charge in [0, 0.05) is 0 Å². The number of carbonyl (C=O) groups is 2. The van der Waals surface area contributed by atoms with Crippen molar-refractivity contribution in [2.24, 2.45) is 5.92 Å². The average Bonchev–Trinajstić information content (AvgIpc) is 2.63. The zero-order valence-corrected chi connectivity index (χ0v) is 16.8. The normalized spacial score (nSPS) is 11.4. The predicted octanol–water partition coefficient (Wildman–Crippen LogP) is 1.87. The molecule has 27 heavy (non-hydrogen) atoms. The van der Waals surface area contributed by atoms with Crippen LogP contribution in [0.4, 0.5) is 0 Å². The van der Waals surface area contributed by atoms with E-state index < -0.39 is 17.9 Å². The molecule has 0 aliphatic carbocycles. The molecule has 0 aliphatic heterocycles. The largest absolute Gasteiger partial charge is 0.481 e. The molecule has 0 saturated carbocycles. The first-order valence-electron chi connectivity index (χ1n) is 8.42. The Kier molecular flexibility index (Phi) is 8.50. The van der Waals surface area contributed by atoms with E-state index >= 15 is 0 Å². The molecule has 1 N–H and O–H groups in total. The molecule has 0 unspecified atom stereocenters. The molecule has 1 rings (SSSR count). The minimum atomic E-state index is -0.791. The van der Waals surface area contributed by atoms with E-state index in [2.05, 4.69) is 15.3 Å².